The summed E-state index contributed by atoms with van der Waals surface area (Å²) in [5, 5.41) is 0. The number of aryl methyl sites for hydroxylation is 1. The van der Waals surface area contributed by atoms with E-state index in [-0.39, 0.29) is 5.97 Å². The highest BCUT2D eigenvalue weighted by Gasteiger charge is 2.06. The van der Waals surface area contributed by atoms with E-state index in [0.29, 0.717) is 12.2 Å². The van der Waals surface area contributed by atoms with Crippen LogP contribution in [0.25, 0.3) is 0 Å². The normalized spacial score (nSPS) is 10.1. The first-order valence-electron chi connectivity index (χ1n) is 6.03. The zero-order valence-corrected chi connectivity index (χ0v) is 10.4. The number of hydrogen-bond donors (Lipinski definition) is 0. The summed E-state index contributed by atoms with van der Waals surface area (Å²) in [6.07, 6.45) is 0.748. The second-order valence-corrected chi connectivity index (χ2v) is 4.24. The van der Waals surface area contributed by atoms with E-state index < -0.39 is 0 Å². The first kappa shape index (κ1) is 12.4. The largest absolute Gasteiger partial charge is 0.462 e. The first-order chi connectivity index (χ1) is 8.75. The van der Waals surface area contributed by atoms with Crippen LogP contribution in [0.2, 0.25) is 0 Å². The summed E-state index contributed by atoms with van der Waals surface area (Å²) >= 11 is 0. The molecule has 0 atom stereocenters. The fourth-order valence-corrected chi connectivity index (χ4v) is 1.76. The van der Waals surface area contributed by atoms with E-state index in [0.717, 1.165) is 12.0 Å². The Morgan fingerprint density at radius 2 is 1.83 bits per heavy atom. The zero-order valence-electron chi connectivity index (χ0n) is 10.4. The van der Waals surface area contributed by atoms with Gasteiger partial charge in [-0.2, -0.15) is 0 Å². The number of hydrogen-bond acceptors (Lipinski definition) is 2. The van der Waals surface area contributed by atoms with Crippen molar-refractivity contribution in [2.45, 2.75) is 13.3 Å². The van der Waals surface area contributed by atoms with Gasteiger partial charge in [-0.05, 0) is 24.6 Å². The highest BCUT2D eigenvalue weighted by atomic mass is 16.5. The summed E-state index contributed by atoms with van der Waals surface area (Å²) < 4.78 is 5.25. The van der Waals surface area contributed by atoms with Gasteiger partial charge in [0.25, 0.3) is 0 Å². The number of carbonyl (C=O) groups excluding carboxylic acids is 1. The van der Waals surface area contributed by atoms with Crippen LogP contribution in [-0.4, -0.2) is 12.6 Å². The van der Waals surface area contributed by atoms with E-state index in [1.165, 1.54) is 5.56 Å². The topological polar surface area (TPSA) is 26.3 Å². The molecule has 0 N–H and O–H groups in total. The highest BCUT2D eigenvalue weighted by molar-refractivity contribution is 5.89. The Hall–Kier alpha value is -2.09. The minimum Gasteiger partial charge on any atom is -0.462 e. The van der Waals surface area contributed by atoms with Crippen LogP contribution >= 0.6 is 0 Å². The van der Waals surface area contributed by atoms with Crippen molar-refractivity contribution in [3.63, 3.8) is 0 Å². The van der Waals surface area contributed by atoms with E-state index in [1.807, 2.05) is 55.5 Å². The molecule has 0 bridgehead atoms. The smallest absolute Gasteiger partial charge is 0.338 e. The highest BCUT2D eigenvalue weighted by Crippen LogP contribution is 2.06. The van der Waals surface area contributed by atoms with Gasteiger partial charge in [0.15, 0.2) is 0 Å². The van der Waals surface area contributed by atoms with Crippen molar-refractivity contribution in [3.05, 3.63) is 71.3 Å². The lowest BCUT2D eigenvalue weighted by Crippen LogP contribution is -2.08. The molecule has 0 heterocycles. The predicted octanol–water partition coefficient (Wildman–Crippen LogP) is 3.39. The second kappa shape index (κ2) is 6.01. The number of ether oxygens (including phenoxy) is 1. The molecule has 2 aromatic rings. The Bertz CT molecular complexity index is 518. The molecule has 0 fully saturated rings. The summed E-state index contributed by atoms with van der Waals surface area (Å²) in [6, 6.07) is 17.4. The van der Waals surface area contributed by atoms with Gasteiger partial charge in [-0.1, -0.05) is 48.0 Å². The maximum Gasteiger partial charge on any atom is 0.338 e. The van der Waals surface area contributed by atoms with Crippen molar-refractivity contribution in [3.8, 4) is 0 Å². The second-order valence-electron chi connectivity index (χ2n) is 4.24. The van der Waals surface area contributed by atoms with Gasteiger partial charge in [0.1, 0.15) is 0 Å². The molecule has 0 amide bonds. The third kappa shape index (κ3) is 3.45. The fourth-order valence-electron chi connectivity index (χ4n) is 1.76. The van der Waals surface area contributed by atoms with E-state index in [4.69, 9.17) is 4.74 Å². The minimum atomic E-state index is -0.255. The van der Waals surface area contributed by atoms with Crippen LogP contribution in [0.3, 0.4) is 0 Å². The number of esters is 1. The van der Waals surface area contributed by atoms with Crippen LogP contribution in [0.1, 0.15) is 21.5 Å². The Morgan fingerprint density at radius 1 is 1.06 bits per heavy atom. The van der Waals surface area contributed by atoms with Crippen molar-refractivity contribution < 1.29 is 9.53 Å². The molecule has 0 spiro atoms. The standard InChI is InChI=1S/C16H16O2/c1-13-6-5-9-15(12-13)16(17)18-11-10-14-7-3-2-4-8-14/h2-9,12H,10-11H2,1H3. The van der Waals surface area contributed by atoms with E-state index >= 15 is 0 Å². The quantitative estimate of drug-likeness (QED) is 0.766. The van der Waals surface area contributed by atoms with Crippen LogP contribution in [0.4, 0.5) is 0 Å². The van der Waals surface area contributed by atoms with E-state index in [1.54, 1.807) is 6.07 Å². The van der Waals surface area contributed by atoms with Gasteiger partial charge in [0.2, 0.25) is 0 Å². The molecule has 0 aliphatic rings. The van der Waals surface area contributed by atoms with Gasteiger partial charge in [-0.3, -0.25) is 0 Å². The maximum atomic E-state index is 11.8. The fraction of sp³-hybridized carbons (Fsp3) is 0.188. The molecule has 0 aromatic heterocycles. The molecule has 0 unspecified atom stereocenters. The van der Waals surface area contributed by atoms with Crippen LogP contribution in [-0.2, 0) is 11.2 Å². The third-order valence-electron chi connectivity index (χ3n) is 2.72. The van der Waals surface area contributed by atoms with Gasteiger partial charge in [0.05, 0.1) is 12.2 Å². The van der Waals surface area contributed by atoms with Gasteiger partial charge in [-0.15, -0.1) is 0 Å². The van der Waals surface area contributed by atoms with E-state index in [9.17, 15) is 4.79 Å². The molecule has 2 rings (SSSR count). The lowest BCUT2D eigenvalue weighted by molar-refractivity contribution is 0.0509. The molecule has 0 aliphatic heterocycles. The van der Waals surface area contributed by atoms with Gasteiger partial charge in [-0.25, -0.2) is 4.79 Å². The van der Waals surface area contributed by atoms with Gasteiger partial charge in [0, 0.05) is 6.42 Å². The Kier molecular flexibility index (Phi) is 4.13. The summed E-state index contributed by atoms with van der Waals surface area (Å²) in [4.78, 5) is 11.8. The van der Waals surface area contributed by atoms with Crippen LogP contribution in [0, 0.1) is 6.92 Å². The molecule has 2 nitrogen and oxygen atoms in total. The maximum absolute atomic E-state index is 11.8. The van der Waals surface area contributed by atoms with Crippen LogP contribution in [0.15, 0.2) is 54.6 Å². The molecule has 0 saturated heterocycles. The molecule has 0 saturated carbocycles. The number of rotatable bonds is 4. The SMILES string of the molecule is Cc1cccc(C(=O)OCCc2ccccc2)c1. The monoisotopic (exact) mass is 240 g/mol. The molecule has 0 aliphatic carbocycles. The summed E-state index contributed by atoms with van der Waals surface area (Å²) in [7, 11) is 0. The first-order valence-corrected chi connectivity index (χ1v) is 6.03. The summed E-state index contributed by atoms with van der Waals surface area (Å²) in [5.41, 5.74) is 2.85. The molecular weight excluding hydrogens is 224 g/mol. The van der Waals surface area contributed by atoms with E-state index in [2.05, 4.69) is 0 Å². The Labute approximate surface area is 107 Å². The van der Waals surface area contributed by atoms with Gasteiger partial charge < -0.3 is 4.74 Å². The number of benzene rings is 2. The zero-order chi connectivity index (χ0) is 12.8. The Balaban J connectivity index is 1.86. The lowest BCUT2D eigenvalue weighted by Gasteiger charge is -2.05. The molecule has 92 valence electrons. The van der Waals surface area contributed by atoms with Crippen molar-refractivity contribution in [2.24, 2.45) is 0 Å². The summed E-state index contributed by atoms with van der Waals surface area (Å²) in [6.45, 7) is 2.37. The third-order valence-corrected chi connectivity index (χ3v) is 2.72. The molecule has 2 heteroatoms. The van der Waals surface area contributed by atoms with Crippen molar-refractivity contribution in [1.29, 1.82) is 0 Å². The molecular formula is C16H16O2. The van der Waals surface area contributed by atoms with Gasteiger partial charge >= 0.3 is 5.97 Å². The number of carbonyl (C=O) groups is 1. The van der Waals surface area contributed by atoms with Crippen molar-refractivity contribution in [2.75, 3.05) is 6.61 Å². The predicted molar refractivity (Wildman–Crippen MR) is 71.6 cm³/mol. The van der Waals surface area contributed by atoms with Crippen molar-refractivity contribution >= 4 is 5.97 Å². The average molecular weight is 240 g/mol. The molecule has 18 heavy (non-hydrogen) atoms. The van der Waals surface area contributed by atoms with Crippen molar-refractivity contribution in [1.82, 2.24) is 0 Å². The average Bonchev–Trinajstić information content (AvgIpc) is 2.40. The lowest BCUT2D eigenvalue weighted by atomic mass is 10.1. The molecule has 2 aromatic carbocycles. The molecule has 0 radical (unpaired) electrons. The minimum absolute atomic E-state index is 0.255. The van der Waals surface area contributed by atoms with Crippen LogP contribution in [0.5, 0.6) is 0 Å². The Morgan fingerprint density at radius 3 is 2.56 bits per heavy atom. The van der Waals surface area contributed by atoms with Crippen LogP contribution < -0.4 is 0 Å². The summed E-state index contributed by atoms with van der Waals surface area (Å²) in [5.74, 6) is -0.255.